The van der Waals surface area contributed by atoms with Crippen LogP contribution in [0.2, 0.25) is 0 Å². The maximum Gasteiger partial charge on any atom is 0.213 e. The number of likely N-dealkylation sites (tertiary alicyclic amines) is 1. The molecule has 1 N–H and O–H groups in total. The molecule has 0 aliphatic carbocycles. The Kier molecular flexibility index (Phi) is 5.10. The number of hydrogen-bond donors (Lipinski definition) is 1. The number of ether oxygens (including phenoxy) is 1. The molecule has 8 nitrogen and oxygen atoms in total. The second-order valence-electron chi connectivity index (χ2n) is 9.18. The number of aromatic nitrogens is 4. The summed E-state index contributed by atoms with van der Waals surface area (Å²) < 4.78 is 7.59. The van der Waals surface area contributed by atoms with Crippen molar-refractivity contribution in [2.75, 3.05) is 29.9 Å². The molecule has 6 rings (SSSR count). The molecule has 8 heteroatoms. The summed E-state index contributed by atoms with van der Waals surface area (Å²) in [4.78, 5) is 18.6. The number of nitrogens with one attached hydrogen (secondary N) is 1. The fraction of sp³-hybridized carbons (Fsp3) is 0.346. The van der Waals surface area contributed by atoms with Crippen molar-refractivity contribution >= 4 is 22.8 Å². The van der Waals surface area contributed by atoms with E-state index < -0.39 is 0 Å². The van der Waals surface area contributed by atoms with Crippen molar-refractivity contribution in [3.05, 3.63) is 61.2 Å². The summed E-state index contributed by atoms with van der Waals surface area (Å²) in [7, 11) is 0. The SMILES string of the molecule is CCOc1cc(-c2cnc(Nc3ccc(N4CC5C4CN5C(C)C)cc3)c3nccn23)ccn1. The first-order valence-electron chi connectivity index (χ1n) is 11.9. The van der Waals surface area contributed by atoms with Gasteiger partial charge in [0.1, 0.15) is 0 Å². The number of hydrogen-bond acceptors (Lipinski definition) is 7. The van der Waals surface area contributed by atoms with Gasteiger partial charge in [0.2, 0.25) is 5.88 Å². The lowest BCUT2D eigenvalue weighted by molar-refractivity contribution is -0.0139. The standard InChI is InChI=1S/C26H29N7O/c1-4-34-24-13-18(9-10-27-24)21-14-29-25(26-28-11-12-31(21)26)30-19-5-7-20(8-6-19)33-16-22-23(33)15-32(22)17(2)3/h5-14,17,22-23H,4,15-16H2,1-3H3,(H,29,30). The smallest absolute Gasteiger partial charge is 0.213 e. The number of nitrogens with zero attached hydrogens (tertiary/aromatic N) is 6. The van der Waals surface area contributed by atoms with E-state index in [4.69, 9.17) is 9.72 Å². The van der Waals surface area contributed by atoms with Crippen molar-refractivity contribution in [3.8, 4) is 17.1 Å². The normalized spacial score (nSPS) is 19.6. The Morgan fingerprint density at radius 3 is 2.62 bits per heavy atom. The van der Waals surface area contributed by atoms with Gasteiger partial charge in [-0.15, -0.1) is 0 Å². The minimum absolute atomic E-state index is 0.576. The summed E-state index contributed by atoms with van der Waals surface area (Å²) in [6, 6.07) is 14.5. The fourth-order valence-corrected chi connectivity index (χ4v) is 5.07. The minimum Gasteiger partial charge on any atom is -0.478 e. The first-order valence-corrected chi connectivity index (χ1v) is 11.9. The maximum atomic E-state index is 5.56. The summed E-state index contributed by atoms with van der Waals surface area (Å²) in [5.41, 5.74) is 4.95. The van der Waals surface area contributed by atoms with Crippen molar-refractivity contribution < 1.29 is 4.74 Å². The van der Waals surface area contributed by atoms with Crippen molar-refractivity contribution in [1.82, 2.24) is 24.3 Å². The van der Waals surface area contributed by atoms with Crippen LogP contribution >= 0.6 is 0 Å². The van der Waals surface area contributed by atoms with Crippen LogP contribution in [0.15, 0.2) is 61.2 Å². The van der Waals surface area contributed by atoms with Gasteiger partial charge in [-0.3, -0.25) is 9.30 Å². The Balaban J connectivity index is 1.20. The molecule has 5 heterocycles. The lowest BCUT2D eigenvalue weighted by atomic mass is 9.83. The topological polar surface area (TPSA) is 70.8 Å². The van der Waals surface area contributed by atoms with Crippen molar-refractivity contribution in [2.24, 2.45) is 0 Å². The van der Waals surface area contributed by atoms with Gasteiger partial charge in [-0.1, -0.05) is 0 Å². The number of pyridine rings is 1. The van der Waals surface area contributed by atoms with Crippen molar-refractivity contribution in [2.45, 2.75) is 38.9 Å². The second-order valence-corrected chi connectivity index (χ2v) is 9.18. The molecule has 2 unspecified atom stereocenters. The largest absolute Gasteiger partial charge is 0.478 e. The summed E-state index contributed by atoms with van der Waals surface area (Å²) >= 11 is 0. The van der Waals surface area contributed by atoms with Gasteiger partial charge in [-0.25, -0.2) is 15.0 Å². The molecule has 4 aromatic rings. The Morgan fingerprint density at radius 2 is 1.88 bits per heavy atom. The van der Waals surface area contributed by atoms with E-state index in [2.05, 4.69) is 63.2 Å². The van der Waals surface area contributed by atoms with Gasteiger partial charge < -0.3 is 15.0 Å². The third-order valence-corrected chi connectivity index (χ3v) is 6.93. The van der Waals surface area contributed by atoms with Gasteiger partial charge in [-0.2, -0.15) is 0 Å². The molecular weight excluding hydrogens is 426 g/mol. The average Bonchev–Trinajstić information content (AvgIpc) is 3.32. The zero-order chi connectivity index (χ0) is 23.2. The van der Waals surface area contributed by atoms with Crippen molar-refractivity contribution in [1.29, 1.82) is 0 Å². The molecule has 3 aromatic heterocycles. The van der Waals surface area contributed by atoms with E-state index in [9.17, 15) is 0 Å². The van der Waals surface area contributed by atoms with E-state index in [1.54, 1.807) is 12.4 Å². The predicted octanol–water partition coefficient (Wildman–Crippen LogP) is 4.21. The highest BCUT2D eigenvalue weighted by molar-refractivity contribution is 5.75. The molecule has 2 fully saturated rings. The molecule has 0 amide bonds. The van der Waals surface area contributed by atoms with Gasteiger partial charge in [0.15, 0.2) is 11.5 Å². The number of fused-ring (bicyclic) bond motifs is 2. The molecule has 1 aromatic carbocycles. The highest BCUT2D eigenvalue weighted by Crippen LogP contribution is 2.39. The maximum absolute atomic E-state index is 5.56. The summed E-state index contributed by atoms with van der Waals surface area (Å²) in [6.45, 7) is 9.38. The zero-order valence-electron chi connectivity index (χ0n) is 19.7. The zero-order valence-corrected chi connectivity index (χ0v) is 19.7. The second kappa shape index (κ2) is 8.29. The van der Waals surface area contributed by atoms with Gasteiger partial charge in [0.25, 0.3) is 0 Å². The molecule has 2 aliphatic heterocycles. The third kappa shape index (κ3) is 3.45. The van der Waals surface area contributed by atoms with Gasteiger partial charge in [0, 0.05) is 66.8 Å². The van der Waals surface area contributed by atoms with E-state index >= 15 is 0 Å². The molecule has 0 spiro atoms. The Labute approximate surface area is 199 Å². The first kappa shape index (κ1) is 20.9. The molecular formula is C26H29N7O. The van der Waals surface area contributed by atoms with E-state index in [1.807, 2.05) is 35.9 Å². The molecule has 34 heavy (non-hydrogen) atoms. The molecule has 2 atom stereocenters. The number of rotatable bonds is 7. The van der Waals surface area contributed by atoms with Gasteiger partial charge in [0.05, 0.1) is 24.5 Å². The lowest BCUT2D eigenvalue weighted by Gasteiger charge is -2.64. The van der Waals surface area contributed by atoms with Gasteiger partial charge in [-0.05, 0) is 51.1 Å². The van der Waals surface area contributed by atoms with Crippen LogP contribution in [0.3, 0.4) is 0 Å². The summed E-state index contributed by atoms with van der Waals surface area (Å²) in [5, 5.41) is 3.44. The van der Waals surface area contributed by atoms with Crippen LogP contribution in [-0.4, -0.2) is 62.1 Å². The lowest BCUT2D eigenvalue weighted by Crippen LogP contribution is -2.80. The van der Waals surface area contributed by atoms with Crippen LogP contribution in [0.1, 0.15) is 20.8 Å². The van der Waals surface area contributed by atoms with E-state index in [1.165, 1.54) is 12.2 Å². The molecule has 2 aliphatic rings. The highest BCUT2D eigenvalue weighted by Gasteiger charge is 2.52. The molecule has 0 bridgehead atoms. The Morgan fingerprint density at radius 1 is 1.03 bits per heavy atom. The number of piperazine rings is 1. The summed E-state index contributed by atoms with van der Waals surface area (Å²) in [5.74, 6) is 1.32. The van der Waals surface area contributed by atoms with E-state index in [0.29, 0.717) is 24.6 Å². The number of benzene rings is 1. The number of anilines is 3. The summed E-state index contributed by atoms with van der Waals surface area (Å²) in [6.07, 6.45) is 7.34. The van der Waals surface area contributed by atoms with Crippen LogP contribution in [-0.2, 0) is 0 Å². The van der Waals surface area contributed by atoms with Crippen LogP contribution in [0.4, 0.5) is 17.2 Å². The van der Waals surface area contributed by atoms with E-state index in [-0.39, 0.29) is 0 Å². The third-order valence-electron chi connectivity index (χ3n) is 6.93. The number of imidazole rings is 1. The first-order chi connectivity index (χ1) is 16.6. The van der Waals surface area contributed by atoms with Crippen LogP contribution in [0.25, 0.3) is 16.9 Å². The average molecular weight is 456 g/mol. The van der Waals surface area contributed by atoms with Crippen LogP contribution in [0, 0.1) is 0 Å². The Bertz CT molecular complexity index is 1320. The highest BCUT2D eigenvalue weighted by atomic mass is 16.5. The quantitative estimate of drug-likeness (QED) is 0.447. The molecule has 2 saturated heterocycles. The van der Waals surface area contributed by atoms with E-state index in [0.717, 1.165) is 41.0 Å². The Hall–Kier alpha value is -3.65. The van der Waals surface area contributed by atoms with Crippen LogP contribution in [0.5, 0.6) is 5.88 Å². The fourth-order valence-electron chi connectivity index (χ4n) is 5.07. The predicted molar refractivity (Wildman–Crippen MR) is 134 cm³/mol. The molecule has 174 valence electrons. The molecule has 0 saturated carbocycles. The monoisotopic (exact) mass is 455 g/mol. The van der Waals surface area contributed by atoms with Gasteiger partial charge >= 0.3 is 0 Å². The molecule has 0 radical (unpaired) electrons. The van der Waals surface area contributed by atoms with Crippen molar-refractivity contribution in [3.63, 3.8) is 0 Å². The van der Waals surface area contributed by atoms with Crippen LogP contribution < -0.4 is 15.0 Å². The minimum atomic E-state index is 0.576.